The smallest absolute Gasteiger partial charge is 0.242 e. The van der Waals surface area contributed by atoms with Crippen molar-refractivity contribution in [3.8, 4) is 0 Å². The van der Waals surface area contributed by atoms with Gasteiger partial charge < -0.3 is 10.3 Å². The minimum Gasteiger partial charge on any atom is -0.349 e. The van der Waals surface area contributed by atoms with Crippen molar-refractivity contribution in [2.24, 2.45) is 5.73 Å². The number of nitrogens with zero attached hydrogens (tertiary/aromatic N) is 1. The summed E-state index contributed by atoms with van der Waals surface area (Å²) in [7, 11) is -3.41. The van der Waals surface area contributed by atoms with Gasteiger partial charge in [-0.05, 0) is 37.3 Å². The van der Waals surface area contributed by atoms with E-state index in [-0.39, 0.29) is 0 Å². The van der Waals surface area contributed by atoms with E-state index in [1.165, 1.54) is 0 Å². The van der Waals surface area contributed by atoms with Crippen LogP contribution < -0.4 is 10.5 Å². The molecule has 1 rings (SSSR count). The fourth-order valence-corrected chi connectivity index (χ4v) is 3.76. The topological polar surface area (TPSA) is 77.1 Å². The third-order valence-electron chi connectivity index (χ3n) is 3.26. The highest BCUT2D eigenvalue weighted by atomic mass is 32.2. The van der Waals surface area contributed by atoms with Crippen LogP contribution in [0.2, 0.25) is 0 Å². The molecular weight excluding hydrogens is 306 g/mol. The van der Waals surface area contributed by atoms with Crippen LogP contribution in [0.15, 0.2) is 17.2 Å². The second kappa shape index (κ2) is 9.50. The molecular formula is C14H27N3O2S2. The van der Waals surface area contributed by atoms with Gasteiger partial charge in [0.1, 0.15) is 0 Å². The van der Waals surface area contributed by atoms with Crippen LogP contribution in [0.4, 0.5) is 0 Å². The number of nitrogens with one attached hydrogen (secondary N) is 1. The molecule has 0 aliphatic heterocycles. The molecule has 0 bridgehead atoms. The van der Waals surface area contributed by atoms with Crippen LogP contribution in [0.1, 0.15) is 38.3 Å². The van der Waals surface area contributed by atoms with E-state index in [1.807, 2.05) is 16.3 Å². The van der Waals surface area contributed by atoms with Gasteiger partial charge >= 0.3 is 0 Å². The Morgan fingerprint density at radius 3 is 2.71 bits per heavy atom. The number of unbranched alkanes of at least 4 members (excludes halogenated alkanes) is 2. The van der Waals surface area contributed by atoms with Crippen molar-refractivity contribution in [2.45, 2.75) is 50.6 Å². The van der Waals surface area contributed by atoms with E-state index in [4.69, 9.17) is 5.73 Å². The van der Waals surface area contributed by atoms with Gasteiger partial charge in [0.05, 0.1) is 4.90 Å². The SMILES string of the molecule is CCCn1cc(S(=O)(=O)NCCCCCSC)cc1CN. The summed E-state index contributed by atoms with van der Waals surface area (Å²) in [5.41, 5.74) is 6.53. The Hall–Kier alpha value is -0.500. The molecule has 0 radical (unpaired) electrons. The van der Waals surface area contributed by atoms with Crippen molar-refractivity contribution in [2.75, 3.05) is 18.6 Å². The Morgan fingerprint density at radius 2 is 2.10 bits per heavy atom. The van der Waals surface area contributed by atoms with Gasteiger partial charge in [-0.15, -0.1) is 0 Å². The lowest BCUT2D eigenvalue weighted by Gasteiger charge is -2.05. The summed E-state index contributed by atoms with van der Waals surface area (Å²) < 4.78 is 29.1. The summed E-state index contributed by atoms with van der Waals surface area (Å²) in [5, 5.41) is 0. The number of rotatable bonds is 11. The average Bonchev–Trinajstić information content (AvgIpc) is 2.87. The molecule has 5 nitrogen and oxygen atoms in total. The van der Waals surface area contributed by atoms with E-state index in [0.717, 1.165) is 43.7 Å². The average molecular weight is 334 g/mol. The molecule has 1 aromatic heterocycles. The van der Waals surface area contributed by atoms with Crippen molar-refractivity contribution < 1.29 is 8.42 Å². The van der Waals surface area contributed by atoms with Crippen LogP contribution in [0.25, 0.3) is 0 Å². The molecule has 0 aliphatic carbocycles. The van der Waals surface area contributed by atoms with Gasteiger partial charge in [-0.2, -0.15) is 11.8 Å². The molecule has 1 aromatic rings. The van der Waals surface area contributed by atoms with Gasteiger partial charge in [-0.3, -0.25) is 0 Å². The monoisotopic (exact) mass is 333 g/mol. The number of nitrogens with two attached hydrogens (primary N) is 1. The maximum absolute atomic E-state index is 12.2. The molecule has 7 heteroatoms. The summed E-state index contributed by atoms with van der Waals surface area (Å²) in [6.07, 6.45) is 7.77. The van der Waals surface area contributed by atoms with Crippen LogP contribution in [0.3, 0.4) is 0 Å². The fourth-order valence-electron chi connectivity index (χ4n) is 2.13. The highest BCUT2D eigenvalue weighted by Crippen LogP contribution is 2.15. The van der Waals surface area contributed by atoms with Crippen molar-refractivity contribution in [3.63, 3.8) is 0 Å². The quantitative estimate of drug-likeness (QED) is 0.608. The first-order valence-corrected chi connectivity index (χ1v) is 10.3. The molecule has 0 spiro atoms. The van der Waals surface area contributed by atoms with Crippen molar-refractivity contribution in [3.05, 3.63) is 18.0 Å². The van der Waals surface area contributed by atoms with E-state index >= 15 is 0 Å². The summed E-state index contributed by atoms with van der Waals surface area (Å²) in [4.78, 5) is 0.320. The lowest BCUT2D eigenvalue weighted by Crippen LogP contribution is -2.24. The van der Waals surface area contributed by atoms with Crippen LogP contribution in [0, 0.1) is 0 Å². The lowest BCUT2D eigenvalue weighted by atomic mass is 10.2. The van der Waals surface area contributed by atoms with Gasteiger partial charge in [0.15, 0.2) is 0 Å². The van der Waals surface area contributed by atoms with Gasteiger partial charge in [-0.25, -0.2) is 13.1 Å². The maximum Gasteiger partial charge on any atom is 0.242 e. The molecule has 1 heterocycles. The van der Waals surface area contributed by atoms with E-state index in [0.29, 0.717) is 18.0 Å². The number of hydrogen-bond acceptors (Lipinski definition) is 4. The standard InChI is InChI=1S/C14H27N3O2S2/c1-3-8-17-12-14(10-13(17)11-15)21(18,19)16-7-5-4-6-9-20-2/h10,12,16H,3-9,11,15H2,1-2H3. The molecule has 3 N–H and O–H groups in total. The van der Waals surface area contributed by atoms with Crippen LogP contribution in [-0.2, 0) is 23.1 Å². The first-order chi connectivity index (χ1) is 10.0. The first kappa shape index (κ1) is 18.5. The third-order valence-corrected chi connectivity index (χ3v) is 5.39. The molecule has 0 aromatic carbocycles. The number of aromatic nitrogens is 1. The zero-order chi connectivity index (χ0) is 15.7. The largest absolute Gasteiger partial charge is 0.349 e. The minimum absolute atomic E-state index is 0.320. The molecule has 0 unspecified atom stereocenters. The Bertz CT molecular complexity index is 512. The Morgan fingerprint density at radius 1 is 1.33 bits per heavy atom. The van der Waals surface area contributed by atoms with E-state index < -0.39 is 10.0 Å². The van der Waals surface area contributed by atoms with Gasteiger partial charge in [0, 0.05) is 31.5 Å². The zero-order valence-electron chi connectivity index (χ0n) is 13.0. The van der Waals surface area contributed by atoms with Crippen molar-refractivity contribution >= 4 is 21.8 Å². The summed E-state index contributed by atoms with van der Waals surface area (Å²) in [6.45, 7) is 3.69. The minimum atomic E-state index is -3.41. The molecule has 0 aliphatic rings. The number of sulfonamides is 1. The van der Waals surface area contributed by atoms with Gasteiger partial charge in [0.25, 0.3) is 0 Å². The Balaban J connectivity index is 2.57. The Kier molecular flexibility index (Phi) is 8.39. The summed E-state index contributed by atoms with van der Waals surface area (Å²) >= 11 is 1.82. The maximum atomic E-state index is 12.2. The van der Waals surface area contributed by atoms with E-state index in [9.17, 15) is 8.42 Å². The van der Waals surface area contributed by atoms with Gasteiger partial charge in [0.2, 0.25) is 10.0 Å². The molecule has 122 valence electrons. The van der Waals surface area contributed by atoms with Crippen molar-refractivity contribution in [1.82, 2.24) is 9.29 Å². The first-order valence-electron chi connectivity index (χ1n) is 7.43. The number of aryl methyl sites for hydroxylation is 1. The van der Waals surface area contributed by atoms with Crippen LogP contribution in [0.5, 0.6) is 0 Å². The highest BCUT2D eigenvalue weighted by Gasteiger charge is 2.17. The molecule has 0 saturated heterocycles. The molecule has 0 fully saturated rings. The van der Waals surface area contributed by atoms with Crippen LogP contribution >= 0.6 is 11.8 Å². The second-order valence-electron chi connectivity index (χ2n) is 5.02. The predicted molar refractivity (Wildman–Crippen MR) is 90.0 cm³/mol. The predicted octanol–water partition coefficient (Wildman–Crippen LogP) is 2.17. The highest BCUT2D eigenvalue weighted by molar-refractivity contribution is 7.98. The summed E-state index contributed by atoms with van der Waals surface area (Å²) in [6, 6.07) is 1.67. The fraction of sp³-hybridized carbons (Fsp3) is 0.714. The van der Waals surface area contributed by atoms with Crippen molar-refractivity contribution in [1.29, 1.82) is 0 Å². The second-order valence-corrected chi connectivity index (χ2v) is 7.77. The molecule has 0 amide bonds. The zero-order valence-corrected chi connectivity index (χ0v) is 14.6. The van der Waals surface area contributed by atoms with E-state index in [2.05, 4.69) is 17.9 Å². The lowest BCUT2D eigenvalue weighted by molar-refractivity contribution is 0.575. The molecule has 21 heavy (non-hydrogen) atoms. The summed E-state index contributed by atoms with van der Waals surface area (Å²) in [5.74, 6) is 1.13. The normalized spacial score (nSPS) is 12.0. The molecule has 0 atom stereocenters. The van der Waals surface area contributed by atoms with E-state index in [1.54, 1.807) is 12.3 Å². The molecule has 0 saturated carbocycles. The van der Waals surface area contributed by atoms with Crippen LogP contribution in [-0.4, -0.2) is 31.5 Å². The Labute approximate surface area is 132 Å². The third kappa shape index (κ3) is 6.02. The number of thioether (sulfide) groups is 1. The number of hydrogen-bond donors (Lipinski definition) is 2. The van der Waals surface area contributed by atoms with Gasteiger partial charge in [-0.1, -0.05) is 13.3 Å².